The molecule has 1 aliphatic heterocycles. The lowest BCUT2D eigenvalue weighted by Gasteiger charge is -2.32. The fourth-order valence-electron chi connectivity index (χ4n) is 2.14. The Morgan fingerprint density at radius 2 is 2.06 bits per heavy atom. The smallest absolute Gasteiger partial charge is 0.149 e. The van der Waals surface area contributed by atoms with Crippen LogP contribution < -0.4 is 11.1 Å². The van der Waals surface area contributed by atoms with Crippen molar-refractivity contribution in [1.29, 1.82) is 0 Å². The number of aromatic nitrogens is 1. The number of nitrogens with zero attached hydrogens (tertiary/aromatic N) is 3. The monoisotopic (exact) mass is 249 g/mol. The number of nitrogens with one attached hydrogen (secondary N) is 1. The first-order valence-corrected chi connectivity index (χ1v) is 6.52. The predicted octanol–water partition coefficient (Wildman–Crippen LogP) is 0.632. The zero-order valence-electron chi connectivity index (χ0n) is 11.3. The minimum Gasteiger partial charge on any atom is -0.396 e. The molecule has 5 heteroatoms. The largest absolute Gasteiger partial charge is 0.396 e. The summed E-state index contributed by atoms with van der Waals surface area (Å²) in [5.74, 6) is 0.801. The quantitative estimate of drug-likeness (QED) is 0.820. The molecule has 18 heavy (non-hydrogen) atoms. The number of anilines is 2. The number of piperazine rings is 1. The summed E-state index contributed by atoms with van der Waals surface area (Å²) in [5.41, 5.74) is 7.74. The van der Waals surface area contributed by atoms with Crippen molar-refractivity contribution >= 4 is 11.5 Å². The summed E-state index contributed by atoms with van der Waals surface area (Å²) in [7, 11) is 2.17. The van der Waals surface area contributed by atoms with Gasteiger partial charge in [-0.2, -0.15) is 0 Å². The molecule has 1 fully saturated rings. The second kappa shape index (κ2) is 6.02. The molecule has 0 atom stereocenters. The molecule has 0 amide bonds. The van der Waals surface area contributed by atoms with Crippen LogP contribution >= 0.6 is 0 Å². The summed E-state index contributed by atoms with van der Waals surface area (Å²) in [5, 5.41) is 3.31. The van der Waals surface area contributed by atoms with Gasteiger partial charge >= 0.3 is 0 Å². The summed E-state index contributed by atoms with van der Waals surface area (Å²) < 4.78 is 0. The van der Waals surface area contributed by atoms with Gasteiger partial charge in [0.05, 0.1) is 5.69 Å². The van der Waals surface area contributed by atoms with Crippen LogP contribution in [-0.4, -0.2) is 61.1 Å². The van der Waals surface area contributed by atoms with Gasteiger partial charge < -0.3 is 16.0 Å². The molecule has 1 aromatic rings. The Balaban J connectivity index is 1.75. The molecule has 0 unspecified atom stereocenters. The molecule has 0 spiro atoms. The number of nitrogen functional groups attached to an aromatic ring is 1. The minimum atomic E-state index is 0.730. The van der Waals surface area contributed by atoms with E-state index in [1.807, 2.05) is 19.2 Å². The van der Waals surface area contributed by atoms with Gasteiger partial charge in [0.1, 0.15) is 5.82 Å². The van der Waals surface area contributed by atoms with Crippen LogP contribution in [0.15, 0.2) is 12.3 Å². The Hall–Kier alpha value is -1.33. The van der Waals surface area contributed by atoms with E-state index in [1.165, 1.54) is 0 Å². The first-order chi connectivity index (χ1) is 8.65. The Bertz CT molecular complexity index is 385. The first kappa shape index (κ1) is 13.1. The molecule has 0 bridgehead atoms. The van der Waals surface area contributed by atoms with Crippen LogP contribution in [0.4, 0.5) is 11.5 Å². The van der Waals surface area contributed by atoms with E-state index >= 15 is 0 Å². The lowest BCUT2D eigenvalue weighted by atomic mass is 10.3. The number of likely N-dealkylation sites (N-methyl/N-ethyl adjacent to an activating group) is 1. The second-order valence-electron chi connectivity index (χ2n) is 5.02. The van der Waals surface area contributed by atoms with Crippen LogP contribution in [0.25, 0.3) is 0 Å². The maximum Gasteiger partial charge on any atom is 0.149 e. The van der Waals surface area contributed by atoms with Crippen LogP contribution in [0, 0.1) is 6.92 Å². The van der Waals surface area contributed by atoms with E-state index < -0.39 is 0 Å². The summed E-state index contributed by atoms with van der Waals surface area (Å²) in [6, 6.07) is 1.95. The second-order valence-corrected chi connectivity index (χ2v) is 5.02. The van der Waals surface area contributed by atoms with Gasteiger partial charge in [-0.25, -0.2) is 4.98 Å². The van der Waals surface area contributed by atoms with Crippen molar-refractivity contribution in [3.05, 3.63) is 17.8 Å². The fourth-order valence-corrected chi connectivity index (χ4v) is 2.14. The van der Waals surface area contributed by atoms with Crippen molar-refractivity contribution in [2.45, 2.75) is 6.92 Å². The highest BCUT2D eigenvalue weighted by molar-refractivity contribution is 5.61. The Morgan fingerprint density at radius 3 is 2.72 bits per heavy atom. The topological polar surface area (TPSA) is 57.4 Å². The molecule has 1 aliphatic rings. The Kier molecular flexibility index (Phi) is 4.38. The van der Waals surface area contributed by atoms with Gasteiger partial charge in [-0.1, -0.05) is 0 Å². The van der Waals surface area contributed by atoms with Crippen LogP contribution in [0.2, 0.25) is 0 Å². The summed E-state index contributed by atoms with van der Waals surface area (Å²) >= 11 is 0. The molecule has 3 N–H and O–H groups in total. The Labute approximate surface area is 109 Å². The number of nitrogens with two attached hydrogens (primary N) is 1. The summed E-state index contributed by atoms with van der Waals surface area (Å²) in [4.78, 5) is 9.14. The minimum absolute atomic E-state index is 0.730. The number of rotatable bonds is 4. The third-order valence-corrected chi connectivity index (χ3v) is 3.37. The highest BCUT2D eigenvalue weighted by atomic mass is 15.2. The Morgan fingerprint density at radius 1 is 1.33 bits per heavy atom. The molecule has 0 aromatic carbocycles. The van der Waals surface area contributed by atoms with Gasteiger partial charge in [0, 0.05) is 45.5 Å². The van der Waals surface area contributed by atoms with E-state index in [0.29, 0.717) is 0 Å². The molecule has 1 saturated heterocycles. The van der Waals surface area contributed by atoms with Crippen molar-refractivity contribution in [2.75, 3.05) is 57.4 Å². The van der Waals surface area contributed by atoms with Gasteiger partial charge in [0.2, 0.25) is 0 Å². The molecule has 2 heterocycles. The molecular formula is C13H23N5. The van der Waals surface area contributed by atoms with Gasteiger partial charge in [-0.05, 0) is 25.6 Å². The molecule has 0 radical (unpaired) electrons. The van der Waals surface area contributed by atoms with E-state index in [9.17, 15) is 0 Å². The van der Waals surface area contributed by atoms with Gasteiger partial charge in [-0.3, -0.25) is 4.90 Å². The van der Waals surface area contributed by atoms with E-state index in [1.54, 1.807) is 0 Å². The summed E-state index contributed by atoms with van der Waals surface area (Å²) in [6.07, 6.45) is 1.84. The van der Waals surface area contributed by atoms with Crippen molar-refractivity contribution in [3.63, 3.8) is 0 Å². The molecule has 2 rings (SSSR count). The van der Waals surface area contributed by atoms with Crippen molar-refractivity contribution < 1.29 is 0 Å². The molecule has 0 aliphatic carbocycles. The van der Waals surface area contributed by atoms with E-state index in [-0.39, 0.29) is 0 Å². The number of hydrogen-bond donors (Lipinski definition) is 2. The standard InChI is InChI=1S/C13H23N5/c1-11-9-12(14)13(16-10-11)15-3-4-18-7-5-17(2)6-8-18/h9-10H,3-8,14H2,1-2H3,(H,15,16). The molecule has 1 aromatic heterocycles. The molecular weight excluding hydrogens is 226 g/mol. The normalized spacial score (nSPS) is 17.9. The van der Waals surface area contributed by atoms with Crippen molar-refractivity contribution in [1.82, 2.24) is 14.8 Å². The summed E-state index contributed by atoms with van der Waals surface area (Å²) in [6.45, 7) is 8.55. The zero-order chi connectivity index (χ0) is 13.0. The van der Waals surface area contributed by atoms with E-state index in [2.05, 4.69) is 27.1 Å². The van der Waals surface area contributed by atoms with E-state index in [4.69, 9.17) is 5.73 Å². The van der Waals surface area contributed by atoms with Crippen LogP contribution in [0.3, 0.4) is 0 Å². The number of hydrogen-bond acceptors (Lipinski definition) is 5. The SMILES string of the molecule is Cc1cnc(NCCN2CCN(C)CC2)c(N)c1. The molecule has 0 saturated carbocycles. The fraction of sp³-hybridized carbons (Fsp3) is 0.615. The number of pyridine rings is 1. The predicted molar refractivity (Wildman–Crippen MR) is 75.8 cm³/mol. The van der Waals surface area contributed by atoms with Crippen LogP contribution in [-0.2, 0) is 0 Å². The average molecular weight is 249 g/mol. The van der Waals surface area contributed by atoms with Gasteiger partial charge in [0.15, 0.2) is 0 Å². The third-order valence-electron chi connectivity index (χ3n) is 3.37. The lowest BCUT2D eigenvalue weighted by molar-refractivity contribution is 0.158. The average Bonchev–Trinajstić information content (AvgIpc) is 2.34. The van der Waals surface area contributed by atoms with Crippen LogP contribution in [0.1, 0.15) is 5.56 Å². The number of aryl methyl sites for hydroxylation is 1. The third kappa shape index (κ3) is 3.58. The molecule has 100 valence electrons. The molecule has 5 nitrogen and oxygen atoms in total. The van der Waals surface area contributed by atoms with E-state index in [0.717, 1.165) is 56.3 Å². The maximum atomic E-state index is 5.91. The lowest BCUT2D eigenvalue weighted by Crippen LogP contribution is -2.45. The van der Waals surface area contributed by atoms with Crippen molar-refractivity contribution in [3.8, 4) is 0 Å². The van der Waals surface area contributed by atoms with Crippen molar-refractivity contribution in [2.24, 2.45) is 0 Å². The highest BCUT2D eigenvalue weighted by Crippen LogP contribution is 2.15. The van der Waals surface area contributed by atoms with Gasteiger partial charge in [0.25, 0.3) is 0 Å². The zero-order valence-corrected chi connectivity index (χ0v) is 11.3. The first-order valence-electron chi connectivity index (χ1n) is 6.52. The van der Waals surface area contributed by atoms with Crippen LogP contribution in [0.5, 0.6) is 0 Å². The highest BCUT2D eigenvalue weighted by Gasteiger charge is 2.12. The maximum absolute atomic E-state index is 5.91. The van der Waals surface area contributed by atoms with Gasteiger partial charge in [-0.15, -0.1) is 0 Å².